The molecule has 2 fully saturated rings. The van der Waals surface area contributed by atoms with Gasteiger partial charge in [-0.25, -0.2) is 0 Å². The molecule has 7 nitrogen and oxygen atoms in total. The molecule has 27 heavy (non-hydrogen) atoms. The topological polar surface area (TPSA) is 80.5 Å². The van der Waals surface area contributed by atoms with E-state index in [1.54, 1.807) is 0 Å². The SMILES string of the molecule is O=C(NCC1CCCN(c2noc(C3CC3)n2)C1)c1ccc2c(c1)CCO2. The minimum atomic E-state index is -0.0163. The number of anilines is 1. The van der Waals surface area contributed by atoms with Gasteiger partial charge in [0.25, 0.3) is 11.9 Å². The Hall–Kier alpha value is -2.57. The Morgan fingerprint density at radius 1 is 1.30 bits per heavy atom. The number of fused-ring (bicyclic) bond motifs is 1. The quantitative estimate of drug-likeness (QED) is 0.874. The number of ether oxygens (including phenoxy) is 1. The van der Waals surface area contributed by atoms with E-state index in [4.69, 9.17) is 9.26 Å². The summed E-state index contributed by atoms with van der Waals surface area (Å²) in [6, 6.07) is 5.68. The van der Waals surface area contributed by atoms with E-state index in [2.05, 4.69) is 20.4 Å². The first-order chi connectivity index (χ1) is 13.3. The molecule has 7 heteroatoms. The summed E-state index contributed by atoms with van der Waals surface area (Å²) in [4.78, 5) is 19.3. The van der Waals surface area contributed by atoms with Crippen LogP contribution in [0.2, 0.25) is 0 Å². The van der Waals surface area contributed by atoms with E-state index in [9.17, 15) is 4.79 Å². The lowest BCUT2D eigenvalue weighted by Crippen LogP contribution is -2.41. The van der Waals surface area contributed by atoms with E-state index < -0.39 is 0 Å². The third kappa shape index (κ3) is 3.50. The molecule has 1 amide bonds. The Bertz CT molecular complexity index is 846. The predicted molar refractivity (Wildman–Crippen MR) is 99.2 cm³/mol. The molecule has 3 aliphatic rings. The number of hydrogen-bond acceptors (Lipinski definition) is 6. The zero-order chi connectivity index (χ0) is 18.2. The maximum Gasteiger partial charge on any atom is 0.266 e. The van der Waals surface area contributed by atoms with Gasteiger partial charge in [0.15, 0.2) is 0 Å². The van der Waals surface area contributed by atoms with Gasteiger partial charge in [-0.2, -0.15) is 4.98 Å². The first kappa shape index (κ1) is 16.6. The third-order valence-electron chi connectivity index (χ3n) is 5.66. The number of nitrogens with one attached hydrogen (secondary N) is 1. The predicted octanol–water partition coefficient (Wildman–Crippen LogP) is 2.53. The second kappa shape index (κ2) is 6.87. The van der Waals surface area contributed by atoms with Gasteiger partial charge in [0.05, 0.1) is 6.61 Å². The molecular formula is C20H24N4O3. The van der Waals surface area contributed by atoms with Crippen LogP contribution in [0.4, 0.5) is 5.95 Å². The number of aromatic nitrogens is 2. The first-order valence-electron chi connectivity index (χ1n) is 9.89. The van der Waals surface area contributed by atoms with Crippen molar-refractivity contribution in [3.8, 4) is 5.75 Å². The molecule has 1 aliphatic carbocycles. The molecule has 1 aromatic heterocycles. The average molecular weight is 368 g/mol. The smallest absolute Gasteiger partial charge is 0.266 e. The fourth-order valence-electron chi connectivity index (χ4n) is 3.93. The summed E-state index contributed by atoms with van der Waals surface area (Å²) >= 11 is 0. The van der Waals surface area contributed by atoms with E-state index in [1.165, 1.54) is 0 Å². The summed E-state index contributed by atoms with van der Waals surface area (Å²) in [5.41, 5.74) is 1.83. The molecule has 1 N–H and O–H groups in total. The van der Waals surface area contributed by atoms with Crippen LogP contribution in [0.25, 0.3) is 0 Å². The number of carbonyl (C=O) groups is 1. The molecule has 3 heterocycles. The van der Waals surface area contributed by atoms with Gasteiger partial charge in [0, 0.05) is 37.5 Å². The maximum absolute atomic E-state index is 12.5. The highest BCUT2D eigenvalue weighted by Gasteiger charge is 2.31. The molecule has 0 bridgehead atoms. The molecule has 0 radical (unpaired) electrons. The van der Waals surface area contributed by atoms with Gasteiger partial charge < -0.3 is 19.5 Å². The van der Waals surface area contributed by atoms with Crippen molar-refractivity contribution < 1.29 is 14.1 Å². The van der Waals surface area contributed by atoms with E-state index in [-0.39, 0.29) is 5.91 Å². The van der Waals surface area contributed by atoms with Crippen LogP contribution in [-0.4, -0.2) is 42.3 Å². The zero-order valence-corrected chi connectivity index (χ0v) is 15.3. The highest BCUT2D eigenvalue weighted by molar-refractivity contribution is 5.94. The molecule has 1 saturated heterocycles. The average Bonchev–Trinajstić information content (AvgIpc) is 3.25. The lowest BCUT2D eigenvalue weighted by Gasteiger charge is -2.31. The van der Waals surface area contributed by atoms with Gasteiger partial charge in [-0.15, -0.1) is 0 Å². The Balaban J connectivity index is 1.17. The van der Waals surface area contributed by atoms with Crippen molar-refractivity contribution in [1.29, 1.82) is 0 Å². The zero-order valence-electron chi connectivity index (χ0n) is 15.3. The Labute approximate surface area is 158 Å². The van der Waals surface area contributed by atoms with Gasteiger partial charge in [0.2, 0.25) is 5.89 Å². The van der Waals surface area contributed by atoms with Crippen molar-refractivity contribution in [3.63, 3.8) is 0 Å². The fraction of sp³-hybridized carbons (Fsp3) is 0.550. The lowest BCUT2D eigenvalue weighted by molar-refractivity contribution is 0.0945. The summed E-state index contributed by atoms with van der Waals surface area (Å²) in [5, 5.41) is 7.25. The Morgan fingerprint density at radius 3 is 3.11 bits per heavy atom. The fourth-order valence-corrected chi connectivity index (χ4v) is 3.93. The molecular weight excluding hydrogens is 344 g/mol. The van der Waals surface area contributed by atoms with Crippen LogP contribution in [0.5, 0.6) is 5.75 Å². The minimum Gasteiger partial charge on any atom is -0.493 e. The normalized spacial score (nSPS) is 21.6. The van der Waals surface area contributed by atoms with Crippen molar-refractivity contribution in [1.82, 2.24) is 15.5 Å². The van der Waals surface area contributed by atoms with Crippen LogP contribution in [-0.2, 0) is 6.42 Å². The standard InChI is InChI=1S/C20H24N4O3/c25-18(16-5-6-17-15(10-16)7-9-26-17)21-11-13-2-1-8-24(12-13)20-22-19(27-23-20)14-3-4-14/h5-6,10,13-14H,1-4,7-9,11-12H2,(H,21,25). The summed E-state index contributed by atoms with van der Waals surface area (Å²) < 4.78 is 10.9. The molecule has 2 aromatic rings. The van der Waals surface area contributed by atoms with Crippen molar-refractivity contribution in [2.45, 2.75) is 38.0 Å². The monoisotopic (exact) mass is 368 g/mol. The lowest BCUT2D eigenvalue weighted by atomic mass is 9.98. The van der Waals surface area contributed by atoms with Crippen molar-refractivity contribution >= 4 is 11.9 Å². The number of amides is 1. The summed E-state index contributed by atoms with van der Waals surface area (Å²) in [7, 11) is 0. The number of carbonyl (C=O) groups excluding carboxylic acids is 1. The minimum absolute atomic E-state index is 0.0163. The molecule has 1 saturated carbocycles. The summed E-state index contributed by atoms with van der Waals surface area (Å²) in [6.07, 6.45) is 5.37. The molecule has 142 valence electrons. The molecule has 2 aliphatic heterocycles. The van der Waals surface area contributed by atoms with Gasteiger partial charge in [-0.05, 0) is 60.5 Å². The van der Waals surface area contributed by atoms with Crippen LogP contribution in [0.1, 0.15) is 53.4 Å². The van der Waals surface area contributed by atoms with E-state index >= 15 is 0 Å². The van der Waals surface area contributed by atoms with Gasteiger partial charge in [-0.1, -0.05) is 0 Å². The van der Waals surface area contributed by atoms with E-state index in [0.717, 1.165) is 62.4 Å². The van der Waals surface area contributed by atoms with Crippen molar-refractivity contribution in [2.75, 3.05) is 31.1 Å². The van der Waals surface area contributed by atoms with Crippen LogP contribution in [0.3, 0.4) is 0 Å². The molecule has 1 atom stereocenters. The number of hydrogen-bond donors (Lipinski definition) is 1. The highest BCUT2D eigenvalue weighted by atomic mass is 16.5. The molecule has 1 unspecified atom stereocenters. The molecule has 0 spiro atoms. The van der Waals surface area contributed by atoms with Crippen LogP contribution in [0, 0.1) is 5.92 Å². The number of piperidine rings is 1. The van der Waals surface area contributed by atoms with E-state index in [1.807, 2.05) is 18.2 Å². The van der Waals surface area contributed by atoms with Crippen LogP contribution >= 0.6 is 0 Å². The Morgan fingerprint density at radius 2 is 2.22 bits per heavy atom. The van der Waals surface area contributed by atoms with Crippen LogP contribution in [0.15, 0.2) is 22.7 Å². The maximum atomic E-state index is 12.5. The highest BCUT2D eigenvalue weighted by Crippen LogP contribution is 2.39. The van der Waals surface area contributed by atoms with E-state index in [0.29, 0.717) is 36.5 Å². The largest absolute Gasteiger partial charge is 0.493 e. The van der Waals surface area contributed by atoms with Crippen molar-refractivity contribution in [2.24, 2.45) is 5.92 Å². The second-order valence-corrected chi connectivity index (χ2v) is 7.79. The van der Waals surface area contributed by atoms with Gasteiger partial charge >= 0.3 is 0 Å². The second-order valence-electron chi connectivity index (χ2n) is 7.79. The van der Waals surface area contributed by atoms with Gasteiger partial charge in [0.1, 0.15) is 5.75 Å². The van der Waals surface area contributed by atoms with Crippen LogP contribution < -0.4 is 15.0 Å². The van der Waals surface area contributed by atoms with Gasteiger partial charge in [-0.3, -0.25) is 4.79 Å². The number of benzene rings is 1. The molecule has 5 rings (SSSR count). The summed E-state index contributed by atoms with van der Waals surface area (Å²) in [5.74, 6) is 3.23. The number of nitrogens with zero attached hydrogens (tertiary/aromatic N) is 3. The molecule has 1 aromatic carbocycles. The third-order valence-corrected chi connectivity index (χ3v) is 5.66. The Kier molecular flexibility index (Phi) is 4.22. The number of rotatable bonds is 5. The van der Waals surface area contributed by atoms with Crippen molar-refractivity contribution in [3.05, 3.63) is 35.2 Å². The first-order valence-corrected chi connectivity index (χ1v) is 9.89. The summed E-state index contributed by atoms with van der Waals surface area (Å²) in [6.45, 7) is 3.16.